The fourth-order valence-corrected chi connectivity index (χ4v) is 1.36. The van der Waals surface area contributed by atoms with Gasteiger partial charge >= 0.3 is 0 Å². The third-order valence-electron chi connectivity index (χ3n) is 2.32. The number of aromatic nitrogens is 1. The van der Waals surface area contributed by atoms with Crippen LogP contribution in [0.25, 0.3) is 0 Å². The molecule has 2 rings (SSSR count). The number of halogens is 1. The van der Waals surface area contributed by atoms with Gasteiger partial charge in [-0.3, -0.25) is 0 Å². The summed E-state index contributed by atoms with van der Waals surface area (Å²) < 4.78 is 18.9. The number of hydrogen-bond donors (Lipinski definition) is 0. The molecule has 0 N–H and O–H groups in total. The Balaban J connectivity index is 2.31. The van der Waals surface area contributed by atoms with Crippen molar-refractivity contribution >= 4 is 0 Å². The van der Waals surface area contributed by atoms with Crippen LogP contribution in [0.2, 0.25) is 0 Å². The van der Waals surface area contributed by atoms with Crippen LogP contribution >= 0.6 is 0 Å². The zero-order chi connectivity index (χ0) is 10.1. The van der Waals surface area contributed by atoms with Crippen LogP contribution in [0.5, 0.6) is 5.75 Å². The molecule has 0 spiro atoms. The molecule has 0 aromatic carbocycles. The van der Waals surface area contributed by atoms with E-state index in [-0.39, 0.29) is 12.0 Å². The van der Waals surface area contributed by atoms with Gasteiger partial charge in [0, 0.05) is 11.8 Å². The van der Waals surface area contributed by atoms with E-state index in [1.807, 2.05) is 19.9 Å². The van der Waals surface area contributed by atoms with Crippen molar-refractivity contribution in [3.8, 4) is 5.75 Å². The first-order chi connectivity index (χ1) is 6.68. The molecule has 1 fully saturated rings. The smallest absolute Gasteiger partial charge is 0.255 e. The Labute approximate surface area is 83.1 Å². The molecule has 2 nitrogen and oxygen atoms in total. The highest BCUT2D eigenvalue weighted by Crippen LogP contribution is 2.33. The summed E-state index contributed by atoms with van der Waals surface area (Å²) in [6.07, 6.45) is 3.77. The zero-order valence-corrected chi connectivity index (χ0v) is 8.46. The molecule has 1 saturated carbocycles. The highest BCUT2D eigenvalue weighted by atomic mass is 19.1. The number of pyridine rings is 1. The van der Waals surface area contributed by atoms with E-state index >= 15 is 0 Å². The van der Waals surface area contributed by atoms with E-state index in [2.05, 4.69) is 4.98 Å². The molecule has 0 bridgehead atoms. The molecule has 0 atom stereocenters. The molecule has 1 heterocycles. The van der Waals surface area contributed by atoms with Gasteiger partial charge in [-0.05, 0) is 24.8 Å². The first-order valence-corrected chi connectivity index (χ1v) is 4.99. The lowest BCUT2D eigenvalue weighted by Gasteiger charge is -2.13. The zero-order valence-electron chi connectivity index (χ0n) is 8.46. The van der Waals surface area contributed by atoms with Crippen LogP contribution in [-0.2, 0) is 0 Å². The maximum atomic E-state index is 13.4. The van der Waals surface area contributed by atoms with Gasteiger partial charge in [0.05, 0.1) is 6.10 Å². The molecule has 0 amide bonds. The van der Waals surface area contributed by atoms with Gasteiger partial charge in [-0.25, -0.2) is 4.98 Å². The van der Waals surface area contributed by atoms with E-state index in [0.29, 0.717) is 5.75 Å². The average Bonchev–Trinajstić information content (AvgIpc) is 2.91. The fourth-order valence-electron chi connectivity index (χ4n) is 1.36. The molecule has 0 aliphatic heterocycles. The van der Waals surface area contributed by atoms with Crippen LogP contribution in [0, 0.1) is 5.95 Å². The summed E-state index contributed by atoms with van der Waals surface area (Å²) in [7, 11) is 0. The molecule has 0 radical (unpaired) electrons. The molecule has 1 aromatic rings. The second kappa shape index (κ2) is 3.56. The van der Waals surface area contributed by atoms with E-state index in [1.165, 1.54) is 6.20 Å². The van der Waals surface area contributed by atoms with E-state index < -0.39 is 5.95 Å². The highest BCUT2D eigenvalue weighted by Gasteiger charge is 2.26. The van der Waals surface area contributed by atoms with Crippen molar-refractivity contribution < 1.29 is 9.13 Å². The summed E-state index contributed by atoms with van der Waals surface area (Å²) in [4.78, 5) is 3.61. The lowest BCUT2D eigenvalue weighted by molar-refractivity contribution is 0.278. The quantitative estimate of drug-likeness (QED) is 0.692. The van der Waals surface area contributed by atoms with Crippen LogP contribution < -0.4 is 4.74 Å². The van der Waals surface area contributed by atoms with Gasteiger partial charge in [0.15, 0.2) is 5.75 Å². The number of nitrogens with zero attached hydrogens (tertiary/aromatic N) is 1. The standard InChI is InChI=1S/C11H14FNO/c1-7(2)9-5-6-13-11(12)10(9)14-8-3-4-8/h5-8H,3-4H2,1-2H3. The minimum atomic E-state index is -0.483. The predicted molar refractivity (Wildman–Crippen MR) is 51.9 cm³/mol. The van der Waals surface area contributed by atoms with Crippen molar-refractivity contribution in [2.24, 2.45) is 0 Å². The van der Waals surface area contributed by atoms with Gasteiger partial charge in [-0.2, -0.15) is 4.39 Å². The van der Waals surface area contributed by atoms with Gasteiger partial charge in [-0.15, -0.1) is 0 Å². The predicted octanol–water partition coefficient (Wildman–Crippen LogP) is 2.89. The van der Waals surface area contributed by atoms with Crippen LogP contribution in [0.15, 0.2) is 12.3 Å². The lowest BCUT2D eigenvalue weighted by atomic mass is 10.0. The summed E-state index contributed by atoms with van der Waals surface area (Å²) in [6.45, 7) is 4.04. The third-order valence-corrected chi connectivity index (χ3v) is 2.32. The highest BCUT2D eigenvalue weighted by molar-refractivity contribution is 5.34. The van der Waals surface area contributed by atoms with Crippen molar-refractivity contribution in [3.05, 3.63) is 23.8 Å². The van der Waals surface area contributed by atoms with Crippen LogP contribution in [-0.4, -0.2) is 11.1 Å². The minimum absolute atomic E-state index is 0.214. The molecule has 0 saturated heterocycles. The maximum Gasteiger partial charge on any atom is 0.255 e. The van der Waals surface area contributed by atoms with Crippen LogP contribution in [0.1, 0.15) is 38.2 Å². The molecule has 14 heavy (non-hydrogen) atoms. The van der Waals surface area contributed by atoms with E-state index in [0.717, 1.165) is 18.4 Å². The number of hydrogen-bond acceptors (Lipinski definition) is 2. The second-order valence-electron chi connectivity index (χ2n) is 3.99. The van der Waals surface area contributed by atoms with Crippen molar-refractivity contribution in [2.45, 2.75) is 38.7 Å². The second-order valence-corrected chi connectivity index (χ2v) is 3.99. The SMILES string of the molecule is CC(C)c1ccnc(F)c1OC1CC1. The largest absolute Gasteiger partial charge is 0.485 e. The van der Waals surface area contributed by atoms with Gasteiger partial charge in [-0.1, -0.05) is 13.8 Å². The molecule has 1 aromatic heterocycles. The molecular weight excluding hydrogens is 181 g/mol. The van der Waals surface area contributed by atoms with Crippen LogP contribution in [0.3, 0.4) is 0 Å². The molecule has 76 valence electrons. The molecule has 1 aliphatic carbocycles. The summed E-state index contributed by atoms with van der Waals surface area (Å²) >= 11 is 0. The average molecular weight is 195 g/mol. The first kappa shape index (κ1) is 9.44. The number of ether oxygens (including phenoxy) is 1. The van der Waals surface area contributed by atoms with Crippen molar-refractivity contribution in [2.75, 3.05) is 0 Å². The Kier molecular flexibility index (Phi) is 2.40. The van der Waals surface area contributed by atoms with Crippen LogP contribution in [0.4, 0.5) is 4.39 Å². The lowest BCUT2D eigenvalue weighted by Crippen LogP contribution is -2.04. The van der Waals surface area contributed by atoms with Gasteiger partial charge < -0.3 is 4.74 Å². The van der Waals surface area contributed by atoms with E-state index in [9.17, 15) is 4.39 Å². The van der Waals surface area contributed by atoms with Crippen molar-refractivity contribution in [1.29, 1.82) is 0 Å². The monoisotopic (exact) mass is 195 g/mol. The number of rotatable bonds is 3. The normalized spacial score (nSPS) is 16.0. The third kappa shape index (κ3) is 1.86. The summed E-state index contributed by atoms with van der Waals surface area (Å²) in [5, 5.41) is 0. The van der Waals surface area contributed by atoms with E-state index in [1.54, 1.807) is 0 Å². The Hall–Kier alpha value is -1.12. The maximum absolute atomic E-state index is 13.4. The van der Waals surface area contributed by atoms with E-state index in [4.69, 9.17) is 4.74 Å². The van der Waals surface area contributed by atoms with Crippen molar-refractivity contribution in [3.63, 3.8) is 0 Å². The Morgan fingerprint density at radius 2 is 2.21 bits per heavy atom. The first-order valence-electron chi connectivity index (χ1n) is 4.99. The van der Waals surface area contributed by atoms with Gasteiger partial charge in [0.2, 0.25) is 0 Å². The Morgan fingerprint density at radius 3 is 2.79 bits per heavy atom. The molecule has 1 aliphatic rings. The molecular formula is C11H14FNO. The van der Waals surface area contributed by atoms with Gasteiger partial charge in [0.25, 0.3) is 5.95 Å². The minimum Gasteiger partial charge on any atom is -0.485 e. The Bertz CT molecular complexity index is 334. The topological polar surface area (TPSA) is 22.1 Å². The molecule has 0 unspecified atom stereocenters. The Morgan fingerprint density at radius 1 is 1.50 bits per heavy atom. The summed E-state index contributed by atoms with van der Waals surface area (Å²) in [6, 6.07) is 1.82. The van der Waals surface area contributed by atoms with Crippen molar-refractivity contribution in [1.82, 2.24) is 4.98 Å². The molecule has 3 heteroatoms. The van der Waals surface area contributed by atoms with Gasteiger partial charge in [0.1, 0.15) is 0 Å². The summed E-state index contributed by atoms with van der Waals surface area (Å²) in [5.41, 5.74) is 0.907. The fraction of sp³-hybridized carbons (Fsp3) is 0.545. The summed E-state index contributed by atoms with van der Waals surface area (Å²) in [5.74, 6) is 0.134.